The van der Waals surface area contributed by atoms with Gasteiger partial charge in [-0.05, 0) is 47.8 Å². The zero-order valence-corrected chi connectivity index (χ0v) is 16.3. The van der Waals surface area contributed by atoms with Crippen LogP contribution in [0, 0.1) is 0 Å². The second kappa shape index (κ2) is 8.03. The van der Waals surface area contributed by atoms with Crippen molar-refractivity contribution in [3.05, 3.63) is 68.5 Å². The first-order valence-corrected chi connectivity index (χ1v) is 10.9. The van der Waals surface area contributed by atoms with Crippen molar-refractivity contribution in [1.29, 1.82) is 0 Å². The van der Waals surface area contributed by atoms with Crippen molar-refractivity contribution < 1.29 is 31.1 Å². The molecule has 1 N–H and O–H groups in total. The molecule has 3 rings (SSSR count). The first-order chi connectivity index (χ1) is 13.1. The highest BCUT2D eigenvalue weighted by Crippen LogP contribution is 2.25. The van der Waals surface area contributed by atoms with Crippen LogP contribution in [0.2, 0.25) is 0 Å². The van der Waals surface area contributed by atoms with Crippen molar-refractivity contribution in [3.8, 4) is 5.75 Å². The molecule has 5 nitrogen and oxygen atoms in total. The fourth-order valence-electron chi connectivity index (χ4n) is 2.20. The number of hydrogen-bond donors (Lipinski definition) is 1. The number of nitrogens with one attached hydrogen (secondary N) is 1. The highest BCUT2D eigenvalue weighted by Gasteiger charge is 2.31. The van der Waals surface area contributed by atoms with Crippen molar-refractivity contribution in [2.24, 2.45) is 0 Å². The average molecular weight is 447 g/mol. The van der Waals surface area contributed by atoms with Gasteiger partial charge in [0.25, 0.3) is 0 Å². The van der Waals surface area contributed by atoms with Crippen molar-refractivity contribution in [3.63, 3.8) is 0 Å². The molecule has 28 heavy (non-hydrogen) atoms. The standard InChI is InChI=1S/C17H12F3NO4S3/c18-17(19,20)25-12-1-4-14(5-2-12)28(23,24)21-9-13-3-6-15(27-13)16(22)11-7-8-26-10-11/h1-8,10,21H,9H2. The van der Waals surface area contributed by atoms with Crippen molar-refractivity contribution in [2.45, 2.75) is 17.8 Å². The lowest BCUT2D eigenvalue weighted by atomic mass is 10.2. The minimum atomic E-state index is -4.85. The Bertz CT molecular complexity index is 1060. The van der Waals surface area contributed by atoms with E-state index in [4.69, 9.17) is 0 Å². The molecule has 0 radical (unpaired) electrons. The Labute approximate surface area is 166 Å². The van der Waals surface area contributed by atoms with E-state index >= 15 is 0 Å². The van der Waals surface area contributed by atoms with Gasteiger partial charge in [0.1, 0.15) is 5.75 Å². The van der Waals surface area contributed by atoms with Crippen LogP contribution in [0.1, 0.15) is 20.1 Å². The first-order valence-electron chi connectivity index (χ1n) is 7.65. The molecule has 2 aromatic heterocycles. The monoisotopic (exact) mass is 447 g/mol. The summed E-state index contributed by atoms with van der Waals surface area (Å²) in [6, 6.07) is 8.86. The molecular formula is C17H12F3NO4S3. The number of benzene rings is 1. The fraction of sp³-hybridized carbons (Fsp3) is 0.118. The summed E-state index contributed by atoms with van der Waals surface area (Å²) in [6.45, 7) is -0.0509. The van der Waals surface area contributed by atoms with Crippen LogP contribution in [0.15, 0.2) is 58.1 Å². The molecule has 11 heteroatoms. The quantitative estimate of drug-likeness (QED) is 0.545. The van der Waals surface area contributed by atoms with Crippen LogP contribution in [0.4, 0.5) is 13.2 Å². The highest BCUT2D eigenvalue weighted by atomic mass is 32.2. The van der Waals surface area contributed by atoms with Gasteiger partial charge in [-0.25, -0.2) is 13.1 Å². The van der Waals surface area contributed by atoms with Crippen molar-refractivity contribution in [1.82, 2.24) is 4.72 Å². The van der Waals surface area contributed by atoms with Gasteiger partial charge in [0.05, 0.1) is 9.77 Å². The summed E-state index contributed by atoms with van der Waals surface area (Å²) in [4.78, 5) is 13.2. The van der Waals surface area contributed by atoms with E-state index in [0.717, 1.165) is 24.3 Å². The van der Waals surface area contributed by atoms with Crippen LogP contribution in [0.5, 0.6) is 5.75 Å². The maximum Gasteiger partial charge on any atom is 0.573 e. The van der Waals surface area contributed by atoms with Crippen LogP contribution in [0.3, 0.4) is 0 Å². The summed E-state index contributed by atoms with van der Waals surface area (Å²) in [5, 5.41) is 3.53. The SMILES string of the molecule is O=C(c1ccsc1)c1ccc(CNS(=O)(=O)c2ccc(OC(F)(F)F)cc2)s1. The van der Waals surface area contributed by atoms with E-state index in [9.17, 15) is 26.4 Å². The summed E-state index contributed by atoms with van der Waals surface area (Å²) < 4.78 is 67.1. The molecule has 0 atom stereocenters. The lowest BCUT2D eigenvalue weighted by molar-refractivity contribution is -0.274. The highest BCUT2D eigenvalue weighted by molar-refractivity contribution is 7.89. The molecular weight excluding hydrogens is 435 g/mol. The minimum absolute atomic E-state index is 0.0509. The molecule has 0 bridgehead atoms. The number of alkyl halides is 3. The van der Waals surface area contributed by atoms with Crippen LogP contribution in [0.25, 0.3) is 0 Å². The predicted molar refractivity (Wildman–Crippen MR) is 99.2 cm³/mol. The van der Waals surface area contributed by atoms with Gasteiger partial charge >= 0.3 is 6.36 Å². The second-order valence-electron chi connectivity index (χ2n) is 5.45. The lowest BCUT2D eigenvalue weighted by Gasteiger charge is -2.10. The zero-order chi connectivity index (χ0) is 20.4. The van der Waals surface area contributed by atoms with Crippen LogP contribution in [-0.4, -0.2) is 20.6 Å². The molecule has 0 amide bonds. The normalized spacial score (nSPS) is 12.1. The van der Waals surface area contributed by atoms with Gasteiger partial charge in [-0.2, -0.15) is 11.3 Å². The number of halogens is 3. The molecule has 1 aromatic carbocycles. The molecule has 0 spiro atoms. The maximum atomic E-state index is 12.3. The number of carbonyl (C=O) groups is 1. The van der Waals surface area contributed by atoms with Gasteiger partial charge in [0.15, 0.2) is 0 Å². The van der Waals surface area contributed by atoms with E-state index in [-0.39, 0.29) is 17.2 Å². The third-order valence-electron chi connectivity index (χ3n) is 3.47. The number of sulfonamides is 1. The molecule has 0 aliphatic carbocycles. The van der Waals surface area contributed by atoms with E-state index in [0.29, 0.717) is 15.3 Å². The topological polar surface area (TPSA) is 72.5 Å². The Morgan fingerprint density at radius 2 is 1.79 bits per heavy atom. The average Bonchev–Trinajstić information content (AvgIpc) is 3.31. The summed E-state index contributed by atoms with van der Waals surface area (Å²) in [6.07, 6.45) is -4.85. The van der Waals surface area contributed by atoms with Gasteiger partial charge in [0, 0.05) is 22.4 Å². The first kappa shape index (κ1) is 20.5. The molecule has 0 unspecified atom stereocenters. The van der Waals surface area contributed by atoms with E-state index in [1.54, 1.807) is 29.0 Å². The molecule has 0 aliphatic heterocycles. The summed E-state index contributed by atoms with van der Waals surface area (Å²) >= 11 is 2.57. The molecule has 0 saturated carbocycles. The van der Waals surface area contributed by atoms with Gasteiger partial charge in [-0.1, -0.05) is 0 Å². The zero-order valence-electron chi connectivity index (χ0n) is 13.9. The molecule has 0 saturated heterocycles. The number of ether oxygens (including phenoxy) is 1. The van der Waals surface area contributed by atoms with Gasteiger partial charge in [-0.3, -0.25) is 4.79 Å². The Morgan fingerprint density at radius 1 is 1.07 bits per heavy atom. The molecule has 148 valence electrons. The second-order valence-corrected chi connectivity index (χ2v) is 9.17. The molecule has 2 heterocycles. The van der Waals surface area contributed by atoms with E-state index in [1.807, 2.05) is 0 Å². The van der Waals surface area contributed by atoms with Gasteiger partial charge < -0.3 is 4.74 Å². The third-order valence-corrected chi connectivity index (χ3v) is 6.66. The summed E-state index contributed by atoms with van der Waals surface area (Å²) in [7, 11) is -3.94. The van der Waals surface area contributed by atoms with Gasteiger partial charge in [-0.15, -0.1) is 24.5 Å². The number of hydrogen-bond acceptors (Lipinski definition) is 6. The number of ketones is 1. The fourth-order valence-corrected chi connectivity index (χ4v) is 4.84. The maximum absolute atomic E-state index is 12.3. The lowest BCUT2D eigenvalue weighted by Crippen LogP contribution is -2.23. The number of thiophene rings is 2. The third kappa shape index (κ3) is 5.19. The van der Waals surface area contributed by atoms with Crippen LogP contribution < -0.4 is 9.46 Å². The molecule has 0 fully saturated rings. The minimum Gasteiger partial charge on any atom is -0.406 e. The largest absolute Gasteiger partial charge is 0.573 e. The number of rotatable bonds is 7. The predicted octanol–water partition coefficient (Wildman–Crippen LogP) is 4.42. The van der Waals surface area contributed by atoms with Crippen molar-refractivity contribution in [2.75, 3.05) is 0 Å². The Kier molecular flexibility index (Phi) is 5.89. The summed E-state index contributed by atoms with van der Waals surface area (Å²) in [5.41, 5.74) is 0.570. The molecule has 0 aliphatic rings. The van der Waals surface area contributed by atoms with Crippen LogP contribution >= 0.6 is 22.7 Å². The Hall–Kier alpha value is -2.21. The smallest absolute Gasteiger partial charge is 0.406 e. The Morgan fingerprint density at radius 3 is 2.39 bits per heavy atom. The van der Waals surface area contributed by atoms with Crippen LogP contribution in [-0.2, 0) is 16.6 Å². The van der Waals surface area contributed by atoms with E-state index in [2.05, 4.69) is 9.46 Å². The van der Waals surface area contributed by atoms with Crippen molar-refractivity contribution >= 4 is 38.5 Å². The summed E-state index contributed by atoms with van der Waals surface area (Å²) in [5.74, 6) is -0.651. The van der Waals surface area contributed by atoms with E-state index in [1.165, 1.54) is 22.7 Å². The Balaban J connectivity index is 1.64. The van der Waals surface area contributed by atoms with Gasteiger partial charge in [0.2, 0.25) is 15.8 Å². The van der Waals surface area contributed by atoms with E-state index < -0.39 is 22.1 Å². The molecule has 3 aromatic rings. The number of carbonyl (C=O) groups excluding carboxylic acids is 1.